The molecule has 0 aromatic rings. The number of carbonyl (C=O) groups excluding carboxylic acids is 1. The van der Waals surface area contributed by atoms with Crippen LogP contribution in [0.4, 0.5) is 0 Å². The summed E-state index contributed by atoms with van der Waals surface area (Å²) in [6, 6.07) is 0. The lowest BCUT2D eigenvalue weighted by atomic mass is 10.4. The molecule has 0 spiro atoms. The van der Waals surface area contributed by atoms with Crippen LogP contribution in [0.3, 0.4) is 0 Å². The smallest absolute Gasteiger partial charge is 0.267 e. The summed E-state index contributed by atoms with van der Waals surface area (Å²) in [5, 5.41) is -0.623. The molecule has 0 rings (SSSR count). The molecule has 0 radical (unpaired) electrons. The molecule has 0 saturated carbocycles. The van der Waals surface area contributed by atoms with Crippen LogP contribution in [0.5, 0.6) is 0 Å². The third-order valence-corrected chi connectivity index (χ3v) is 2.63. The molecular weight excluding hydrogens is 194 g/mol. The number of hydrogen-bond acceptors (Lipinski definition) is 3. The number of amides is 1. The van der Waals surface area contributed by atoms with Crippen molar-refractivity contribution in [1.29, 1.82) is 0 Å². The van der Waals surface area contributed by atoms with E-state index in [4.69, 9.17) is 4.55 Å². The monoisotopic (exact) mass is 209 g/mol. The minimum absolute atomic E-state index is 0.457. The fraction of sp³-hybridized carbons (Fsp3) is 0.571. The number of primary amides is 1. The van der Waals surface area contributed by atoms with Gasteiger partial charge in [0.15, 0.2) is 0 Å². The number of carbonyl (C=O) groups is 1. The van der Waals surface area contributed by atoms with Crippen molar-refractivity contribution < 1.29 is 17.8 Å². The summed E-state index contributed by atoms with van der Waals surface area (Å²) in [6.07, 6.45) is 1.51. The second kappa shape index (κ2) is 6.62. The van der Waals surface area contributed by atoms with E-state index in [2.05, 4.69) is 12.3 Å². The first-order valence-electron chi connectivity index (χ1n) is 3.63. The Hall–Kier alpha value is -0.880. The average Bonchev–Trinajstić information content (AvgIpc) is 2.02. The Balaban J connectivity index is 0. The molecule has 13 heavy (non-hydrogen) atoms. The summed E-state index contributed by atoms with van der Waals surface area (Å²) in [4.78, 5) is 9.47. The Labute approximate surface area is 78.4 Å². The van der Waals surface area contributed by atoms with Crippen LogP contribution in [-0.2, 0) is 14.9 Å². The van der Waals surface area contributed by atoms with Gasteiger partial charge in [-0.15, -0.1) is 0 Å². The van der Waals surface area contributed by atoms with Gasteiger partial charge in [0.05, 0.1) is 5.25 Å². The number of hydrogen-bond donors (Lipinski definition) is 2. The lowest BCUT2D eigenvalue weighted by Gasteiger charge is -2.00. The normalized spacial score (nSPS) is 12.2. The van der Waals surface area contributed by atoms with Crippen LogP contribution in [0.2, 0.25) is 0 Å². The molecule has 0 aliphatic carbocycles. The zero-order valence-electron chi connectivity index (χ0n) is 7.73. The minimum Gasteiger partial charge on any atom is -0.366 e. The minimum atomic E-state index is -3.75. The molecule has 0 aliphatic rings. The second-order valence-electron chi connectivity index (χ2n) is 2.34. The van der Waals surface area contributed by atoms with Crippen molar-refractivity contribution in [2.45, 2.75) is 25.5 Å². The molecule has 0 heterocycles. The molecule has 6 heteroatoms. The van der Waals surface area contributed by atoms with Gasteiger partial charge in [-0.3, -0.25) is 9.35 Å². The van der Waals surface area contributed by atoms with Gasteiger partial charge in [0.2, 0.25) is 5.91 Å². The average molecular weight is 209 g/mol. The van der Waals surface area contributed by atoms with E-state index in [1.165, 1.54) is 6.92 Å². The molecule has 0 saturated heterocycles. The Morgan fingerprint density at radius 2 is 2.00 bits per heavy atom. The third-order valence-electron chi connectivity index (χ3n) is 1.28. The highest BCUT2D eigenvalue weighted by Gasteiger charge is 2.13. The van der Waals surface area contributed by atoms with Crippen molar-refractivity contribution >= 4 is 16.0 Å². The van der Waals surface area contributed by atoms with E-state index in [1.54, 1.807) is 6.92 Å². The maximum Gasteiger partial charge on any atom is 0.267 e. The van der Waals surface area contributed by atoms with Gasteiger partial charge in [-0.2, -0.15) is 8.42 Å². The Morgan fingerprint density at radius 3 is 2.00 bits per heavy atom. The van der Waals surface area contributed by atoms with Crippen molar-refractivity contribution in [2.24, 2.45) is 5.73 Å². The first-order valence-corrected chi connectivity index (χ1v) is 5.14. The molecule has 1 amide bonds. The van der Waals surface area contributed by atoms with E-state index >= 15 is 0 Å². The Morgan fingerprint density at radius 1 is 1.69 bits per heavy atom. The molecule has 0 aliphatic heterocycles. The van der Waals surface area contributed by atoms with Crippen LogP contribution < -0.4 is 5.73 Å². The van der Waals surface area contributed by atoms with Gasteiger partial charge in [-0.1, -0.05) is 13.5 Å². The standard InChI is InChI=1S/C4H10O3S.C3H5NO/c1-3-4(2)8(5,6)7;1-2-3(4)5/h4H,3H2,1-2H3,(H,5,6,7);2H,1H2,(H2,4,5). The van der Waals surface area contributed by atoms with Crippen LogP contribution in [-0.4, -0.2) is 24.1 Å². The fourth-order valence-corrected chi connectivity index (χ4v) is 0.632. The molecule has 0 fully saturated rings. The van der Waals surface area contributed by atoms with Gasteiger partial charge in [0.1, 0.15) is 0 Å². The summed E-state index contributed by atoms with van der Waals surface area (Å²) in [5.74, 6) is -0.481. The summed E-state index contributed by atoms with van der Waals surface area (Å²) in [6.45, 7) is 6.26. The van der Waals surface area contributed by atoms with Crippen molar-refractivity contribution in [3.63, 3.8) is 0 Å². The number of rotatable bonds is 3. The van der Waals surface area contributed by atoms with Crippen molar-refractivity contribution in [3.05, 3.63) is 12.7 Å². The maximum atomic E-state index is 10.1. The van der Waals surface area contributed by atoms with E-state index in [0.29, 0.717) is 6.42 Å². The highest BCUT2D eigenvalue weighted by Crippen LogP contribution is 1.99. The fourth-order valence-electron chi connectivity index (χ4n) is 0.211. The lowest BCUT2D eigenvalue weighted by molar-refractivity contribution is -0.113. The molecule has 0 aromatic heterocycles. The zero-order valence-corrected chi connectivity index (χ0v) is 8.54. The largest absolute Gasteiger partial charge is 0.366 e. The SMILES string of the molecule is C=CC(N)=O.CCC(C)S(=O)(=O)O. The molecule has 1 atom stereocenters. The van der Waals surface area contributed by atoms with E-state index in [0.717, 1.165) is 6.08 Å². The van der Waals surface area contributed by atoms with Gasteiger partial charge in [0, 0.05) is 0 Å². The highest BCUT2D eigenvalue weighted by atomic mass is 32.2. The molecule has 3 N–H and O–H groups in total. The maximum absolute atomic E-state index is 10.1. The Kier molecular flexibility index (Phi) is 7.45. The van der Waals surface area contributed by atoms with E-state index < -0.39 is 21.3 Å². The van der Waals surface area contributed by atoms with Crippen LogP contribution in [0.1, 0.15) is 20.3 Å². The predicted octanol–water partition coefficient (Wildman–Crippen LogP) is 0.330. The predicted molar refractivity (Wildman–Crippen MR) is 50.7 cm³/mol. The van der Waals surface area contributed by atoms with Crippen LogP contribution >= 0.6 is 0 Å². The zero-order chi connectivity index (χ0) is 11.1. The molecule has 0 bridgehead atoms. The topological polar surface area (TPSA) is 97.5 Å². The summed E-state index contributed by atoms with van der Waals surface area (Å²) in [7, 11) is -3.75. The molecule has 78 valence electrons. The van der Waals surface area contributed by atoms with Gasteiger partial charge in [-0.05, 0) is 19.4 Å². The summed E-state index contributed by atoms with van der Waals surface area (Å²) in [5.41, 5.74) is 4.53. The quantitative estimate of drug-likeness (QED) is 0.517. The number of nitrogens with two attached hydrogens (primary N) is 1. The van der Waals surface area contributed by atoms with Crippen molar-refractivity contribution in [1.82, 2.24) is 0 Å². The highest BCUT2D eigenvalue weighted by molar-refractivity contribution is 7.86. The summed E-state index contributed by atoms with van der Waals surface area (Å²) < 4.78 is 28.5. The van der Waals surface area contributed by atoms with Gasteiger partial charge in [-0.25, -0.2) is 0 Å². The Bertz CT molecular complexity index is 258. The van der Waals surface area contributed by atoms with Crippen molar-refractivity contribution in [3.8, 4) is 0 Å². The van der Waals surface area contributed by atoms with Gasteiger partial charge < -0.3 is 5.73 Å². The molecule has 1 unspecified atom stereocenters. The van der Waals surface area contributed by atoms with Crippen LogP contribution in [0.15, 0.2) is 12.7 Å². The third kappa shape index (κ3) is 11.1. The van der Waals surface area contributed by atoms with Gasteiger partial charge in [0.25, 0.3) is 10.1 Å². The molecule has 5 nitrogen and oxygen atoms in total. The first kappa shape index (κ1) is 14.6. The first-order chi connectivity index (χ1) is 5.75. The molecular formula is C7H15NO4S. The van der Waals surface area contributed by atoms with Crippen molar-refractivity contribution in [2.75, 3.05) is 0 Å². The van der Waals surface area contributed by atoms with Crippen LogP contribution in [0, 0.1) is 0 Å². The van der Waals surface area contributed by atoms with Crippen LogP contribution in [0.25, 0.3) is 0 Å². The molecule has 0 aromatic carbocycles. The van der Waals surface area contributed by atoms with Gasteiger partial charge >= 0.3 is 0 Å². The van der Waals surface area contributed by atoms with E-state index in [-0.39, 0.29) is 0 Å². The second-order valence-corrected chi connectivity index (χ2v) is 4.18. The lowest BCUT2D eigenvalue weighted by Crippen LogP contribution is -2.14. The summed E-state index contributed by atoms with van der Waals surface area (Å²) >= 11 is 0. The van der Waals surface area contributed by atoms with E-state index in [9.17, 15) is 13.2 Å². The van der Waals surface area contributed by atoms with E-state index in [1.807, 2.05) is 0 Å².